The third-order valence-electron chi connectivity index (χ3n) is 2.00. The van der Waals surface area contributed by atoms with E-state index in [0.29, 0.717) is 4.90 Å². The highest BCUT2D eigenvalue weighted by Gasteiger charge is 2.30. The molecule has 0 radical (unpaired) electrons. The molecule has 0 saturated carbocycles. The Labute approximate surface area is 97.4 Å². The molecule has 0 fully saturated rings. The number of rotatable bonds is 5. The van der Waals surface area contributed by atoms with E-state index in [1.165, 1.54) is 23.9 Å². The predicted octanol–water partition coefficient (Wildman–Crippen LogP) is 3.41. The monoisotopic (exact) mass is 249 g/mol. The lowest BCUT2D eigenvalue weighted by Crippen LogP contribution is -2.08. The first-order valence-electron chi connectivity index (χ1n) is 4.98. The van der Waals surface area contributed by atoms with Gasteiger partial charge in [-0.05, 0) is 44.0 Å². The molecule has 0 saturated heterocycles. The van der Waals surface area contributed by atoms with Crippen molar-refractivity contribution in [1.29, 1.82) is 0 Å². The summed E-state index contributed by atoms with van der Waals surface area (Å²) in [4.78, 5) is 0.672. The molecule has 0 atom stereocenters. The second kappa shape index (κ2) is 6.15. The molecule has 1 N–H and O–H groups in total. The van der Waals surface area contributed by atoms with E-state index < -0.39 is 11.7 Å². The van der Waals surface area contributed by atoms with Crippen LogP contribution in [0.15, 0.2) is 29.2 Å². The number of alkyl halides is 3. The van der Waals surface area contributed by atoms with Crippen molar-refractivity contribution < 1.29 is 13.2 Å². The Balaban J connectivity index is 2.54. The van der Waals surface area contributed by atoms with Crippen LogP contribution in [0.3, 0.4) is 0 Å². The highest BCUT2D eigenvalue weighted by Crippen LogP contribution is 2.31. The first kappa shape index (κ1) is 13.4. The molecular weight excluding hydrogens is 235 g/mol. The molecular formula is C11H14F3NS. The van der Waals surface area contributed by atoms with Gasteiger partial charge in [-0.1, -0.05) is 6.07 Å². The zero-order valence-electron chi connectivity index (χ0n) is 8.97. The van der Waals surface area contributed by atoms with Crippen molar-refractivity contribution >= 4 is 11.8 Å². The fourth-order valence-electron chi connectivity index (χ4n) is 1.20. The summed E-state index contributed by atoms with van der Waals surface area (Å²) in [7, 11) is 1.86. The minimum atomic E-state index is -4.25. The van der Waals surface area contributed by atoms with Gasteiger partial charge < -0.3 is 5.32 Å². The molecule has 0 aliphatic carbocycles. The molecule has 1 aromatic rings. The summed E-state index contributed by atoms with van der Waals surface area (Å²) in [5.41, 5.74) is -0.578. The van der Waals surface area contributed by atoms with E-state index in [1.54, 1.807) is 6.07 Å². The van der Waals surface area contributed by atoms with E-state index in [0.717, 1.165) is 24.8 Å². The SMILES string of the molecule is CNCCCSc1cccc(C(F)(F)F)c1. The Hall–Kier alpha value is -0.680. The van der Waals surface area contributed by atoms with Crippen molar-refractivity contribution in [3.8, 4) is 0 Å². The summed E-state index contributed by atoms with van der Waals surface area (Å²) in [5.74, 6) is 0.822. The quantitative estimate of drug-likeness (QED) is 0.634. The number of halogens is 3. The van der Waals surface area contributed by atoms with Gasteiger partial charge in [-0.2, -0.15) is 13.2 Å². The first-order chi connectivity index (χ1) is 7.54. The number of thioether (sulfide) groups is 1. The number of benzene rings is 1. The minimum Gasteiger partial charge on any atom is -0.320 e. The summed E-state index contributed by atoms with van der Waals surface area (Å²) in [6.07, 6.45) is -3.31. The van der Waals surface area contributed by atoms with Gasteiger partial charge in [0.05, 0.1) is 5.56 Å². The van der Waals surface area contributed by atoms with E-state index >= 15 is 0 Å². The number of hydrogen-bond acceptors (Lipinski definition) is 2. The maximum Gasteiger partial charge on any atom is 0.416 e. The Kier molecular flexibility index (Phi) is 5.15. The minimum absolute atomic E-state index is 0.578. The highest BCUT2D eigenvalue weighted by atomic mass is 32.2. The molecule has 0 aromatic heterocycles. The fourth-order valence-corrected chi connectivity index (χ4v) is 2.11. The van der Waals surface area contributed by atoms with Crippen LogP contribution in [0.25, 0.3) is 0 Å². The van der Waals surface area contributed by atoms with Crippen LogP contribution < -0.4 is 5.32 Å². The summed E-state index contributed by atoms with van der Waals surface area (Å²) in [6, 6.07) is 5.45. The molecule has 1 rings (SSSR count). The molecule has 1 aromatic carbocycles. The molecule has 0 spiro atoms. The van der Waals surface area contributed by atoms with Crippen molar-refractivity contribution in [2.45, 2.75) is 17.5 Å². The second-order valence-corrected chi connectivity index (χ2v) is 4.50. The smallest absolute Gasteiger partial charge is 0.320 e. The lowest BCUT2D eigenvalue weighted by Gasteiger charge is -2.08. The van der Waals surface area contributed by atoms with Crippen LogP contribution in [0.2, 0.25) is 0 Å². The Morgan fingerprint density at radius 3 is 2.69 bits per heavy atom. The molecule has 16 heavy (non-hydrogen) atoms. The molecule has 0 unspecified atom stereocenters. The third-order valence-corrected chi connectivity index (χ3v) is 3.08. The molecule has 90 valence electrons. The van der Waals surface area contributed by atoms with E-state index in [4.69, 9.17) is 0 Å². The standard InChI is InChI=1S/C11H14F3NS/c1-15-6-3-7-16-10-5-2-4-9(8-10)11(12,13)14/h2,4-5,8,15H,3,6-7H2,1H3. The van der Waals surface area contributed by atoms with Crippen LogP contribution in [0.5, 0.6) is 0 Å². The van der Waals surface area contributed by atoms with Crippen LogP contribution in [0.4, 0.5) is 13.2 Å². The van der Waals surface area contributed by atoms with E-state index in [1.807, 2.05) is 7.05 Å². The van der Waals surface area contributed by atoms with Crippen LogP contribution in [0.1, 0.15) is 12.0 Å². The lowest BCUT2D eigenvalue weighted by molar-refractivity contribution is -0.137. The zero-order valence-corrected chi connectivity index (χ0v) is 9.79. The highest BCUT2D eigenvalue weighted by molar-refractivity contribution is 7.99. The average Bonchev–Trinajstić information content (AvgIpc) is 2.24. The largest absolute Gasteiger partial charge is 0.416 e. The second-order valence-electron chi connectivity index (χ2n) is 3.33. The van der Waals surface area contributed by atoms with Gasteiger partial charge in [0.2, 0.25) is 0 Å². The molecule has 0 aliphatic rings. The van der Waals surface area contributed by atoms with Gasteiger partial charge in [0.1, 0.15) is 0 Å². The summed E-state index contributed by atoms with van der Waals surface area (Å²) in [6.45, 7) is 0.881. The third kappa shape index (κ3) is 4.45. The summed E-state index contributed by atoms with van der Waals surface area (Å²) < 4.78 is 37.2. The van der Waals surface area contributed by atoms with Crippen LogP contribution in [-0.4, -0.2) is 19.3 Å². The maximum absolute atomic E-state index is 12.4. The molecule has 0 bridgehead atoms. The van der Waals surface area contributed by atoms with E-state index in [2.05, 4.69) is 5.32 Å². The Morgan fingerprint density at radius 1 is 1.31 bits per heavy atom. The van der Waals surface area contributed by atoms with Gasteiger partial charge in [0.25, 0.3) is 0 Å². The van der Waals surface area contributed by atoms with Gasteiger partial charge in [-0.3, -0.25) is 0 Å². The Bertz CT molecular complexity index is 325. The van der Waals surface area contributed by atoms with E-state index in [-0.39, 0.29) is 0 Å². The topological polar surface area (TPSA) is 12.0 Å². The van der Waals surface area contributed by atoms with Crippen molar-refractivity contribution in [3.63, 3.8) is 0 Å². The van der Waals surface area contributed by atoms with Gasteiger partial charge in [0.15, 0.2) is 0 Å². The average molecular weight is 249 g/mol. The van der Waals surface area contributed by atoms with Crippen molar-refractivity contribution in [3.05, 3.63) is 29.8 Å². The van der Waals surface area contributed by atoms with Gasteiger partial charge >= 0.3 is 6.18 Å². The Morgan fingerprint density at radius 2 is 2.06 bits per heavy atom. The van der Waals surface area contributed by atoms with Crippen molar-refractivity contribution in [2.24, 2.45) is 0 Å². The molecule has 1 nitrogen and oxygen atoms in total. The van der Waals surface area contributed by atoms with Crippen molar-refractivity contribution in [2.75, 3.05) is 19.3 Å². The normalized spacial score (nSPS) is 11.8. The van der Waals surface area contributed by atoms with Crippen LogP contribution >= 0.6 is 11.8 Å². The predicted molar refractivity (Wildman–Crippen MR) is 60.7 cm³/mol. The fraction of sp³-hybridized carbons (Fsp3) is 0.455. The van der Waals surface area contributed by atoms with Gasteiger partial charge in [0, 0.05) is 4.90 Å². The molecule has 0 amide bonds. The number of nitrogens with one attached hydrogen (secondary N) is 1. The molecule has 5 heteroatoms. The van der Waals surface area contributed by atoms with Gasteiger partial charge in [-0.15, -0.1) is 11.8 Å². The zero-order chi connectivity index (χ0) is 12.0. The lowest BCUT2D eigenvalue weighted by atomic mass is 10.2. The van der Waals surface area contributed by atoms with Gasteiger partial charge in [-0.25, -0.2) is 0 Å². The maximum atomic E-state index is 12.4. The summed E-state index contributed by atoms with van der Waals surface area (Å²) in [5, 5.41) is 3.00. The van der Waals surface area contributed by atoms with E-state index in [9.17, 15) is 13.2 Å². The first-order valence-corrected chi connectivity index (χ1v) is 5.97. The number of hydrogen-bond donors (Lipinski definition) is 1. The van der Waals surface area contributed by atoms with Crippen LogP contribution in [0, 0.1) is 0 Å². The van der Waals surface area contributed by atoms with Crippen LogP contribution in [-0.2, 0) is 6.18 Å². The molecule has 0 heterocycles. The molecule has 0 aliphatic heterocycles. The van der Waals surface area contributed by atoms with Crippen molar-refractivity contribution in [1.82, 2.24) is 5.32 Å². The summed E-state index contributed by atoms with van der Waals surface area (Å²) >= 11 is 1.45.